The van der Waals surface area contributed by atoms with Crippen LogP contribution in [0.1, 0.15) is 18.3 Å². The van der Waals surface area contributed by atoms with Gasteiger partial charge in [-0.15, -0.1) is 0 Å². The van der Waals surface area contributed by atoms with Gasteiger partial charge in [0.05, 0.1) is 0 Å². The summed E-state index contributed by atoms with van der Waals surface area (Å²) in [4.78, 5) is 24.4. The first-order chi connectivity index (χ1) is 12.0. The van der Waals surface area contributed by atoms with E-state index in [1.807, 2.05) is 17.9 Å². The molecule has 2 aromatic rings. The summed E-state index contributed by atoms with van der Waals surface area (Å²) in [6.07, 6.45) is 0. The Bertz CT molecular complexity index is 742. The van der Waals surface area contributed by atoms with Gasteiger partial charge in [0, 0.05) is 45.7 Å². The summed E-state index contributed by atoms with van der Waals surface area (Å²) in [5.74, 6) is 2.15. The highest BCUT2D eigenvalue weighted by Gasteiger charge is 2.20. The molecule has 1 amide bonds. The molecule has 0 unspecified atom stereocenters. The third-order valence-electron chi connectivity index (χ3n) is 4.26. The topological polar surface area (TPSA) is 61.4 Å². The fourth-order valence-electron chi connectivity index (χ4n) is 2.85. The van der Waals surface area contributed by atoms with Crippen molar-refractivity contribution in [3.05, 3.63) is 47.5 Å². The lowest BCUT2D eigenvalue weighted by atomic mass is 10.2. The molecule has 25 heavy (non-hydrogen) atoms. The fourth-order valence-corrected chi connectivity index (χ4v) is 2.85. The molecule has 0 spiro atoms. The second-order valence-corrected chi connectivity index (χ2v) is 6.13. The Morgan fingerprint density at radius 2 is 1.84 bits per heavy atom. The highest BCUT2D eigenvalue weighted by Crippen LogP contribution is 2.18. The quantitative estimate of drug-likeness (QED) is 0.922. The Labute approximate surface area is 146 Å². The third kappa shape index (κ3) is 4.43. The molecule has 132 valence electrons. The van der Waals surface area contributed by atoms with Crippen LogP contribution >= 0.6 is 0 Å². The minimum atomic E-state index is -0.242. The number of nitrogens with one attached hydrogen (secondary N) is 1. The Kier molecular flexibility index (Phi) is 5.11. The zero-order chi connectivity index (χ0) is 17.8. The minimum Gasteiger partial charge on any atom is -0.366 e. The van der Waals surface area contributed by atoms with Gasteiger partial charge in [-0.3, -0.25) is 4.79 Å². The van der Waals surface area contributed by atoms with Gasteiger partial charge in [0.15, 0.2) is 0 Å². The van der Waals surface area contributed by atoms with E-state index in [1.165, 1.54) is 12.1 Å². The standard InChI is InChI=1S/C18H22FN5O/c1-13-21-17(20-12-15-3-5-16(19)6-4-15)11-18(22-13)24-9-7-23(8-10-24)14(2)25/h3-6,11H,7-10,12H2,1-2H3,(H,20,21,22). The van der Waals surface area contributed by atoms with Gasteiger partial charge in [-0.25, -0.2) is 14.4 Å². The number of aromatic nitrogens is 2. The Morgan fingerprint density at radius 3 is 2.48 bits per heavy atom. The van der Waals surface area contributed by atoms with Crippen LogP contribution in [0.25, 0.3) is 0 Å². The van der Waals surface area contributed by atoms with Crippen molar-refractivity contribution >= 4 is 17.5 Å². The van der Waals surface area contributed by atoms with E-state index >= 15 is 0 Å². The predicted molar refractivity (Wildman–Crippen MR) is 95.0 cm³/mol. The molecule has 1 aliphatic heterocycles. The van der Waals surface area contributed by atoms with Gasteiger partial charge in [-0.1, -0.05) is 12.1 Å². The van der Waals surface area contributed by atoms with Crippen molar-refractivity contribution in [1.29, 1.82) is 0 Å². The first-order valence-electron chi connectivity index (χ1n) is 8.36. The van der Waals surface area contributed by atoms with E-state index in [4.69, 9.17) is 0 Å². The first-order valence-corrected chi connectivity index (χ1v) is 8.36. The first kappa shape index (κ1) is 17.1. The number of hydrogen-bond acceptors (Lipinski definition) is 5. The second kappa shape index (κ2) is 7.46. The summed E-state index contributed by atoms with van der Waals surface area (Å²) in [7, 11) is 0. The number of anilines is 2. The van der Waals surface area contributed by atoms with Crippen LogP contribution in [0.15, 0.2) is 30.3 Å². The van der Waals surface area contributed by atoms with Gasteiger partial charge in [0.2, 0.25) is 5.91 Å². The molecule has 0 atom stereocenters. The number of carbonyl (C=O) groups is 1. The normalized spacial score (nSPS) is 14.5. The number of piperazine rings is 1. The number of halogens is 1. The highest BCUT2D eigenvalue weighted by molar-refractivity contribution is 5.73. The van der Waals surface area contributed by atoms with Crippen LogP contribution in [0.5, 0.6) is 0 Å². The molecule has 1 aromatic heterocycles. The van der Waals surface area contributed by atoms with Crippen LogP contribution in [0.4, 0.5) is 16.0 Å². The summed E-state index contributed by atoms with van der Waals surface area (Å²) in [6, 6.07) is 8.31. The predicted octanol–water partition coefficient (Wildman–Crippen LogP) is 2.20. The molecule has 7 heteroatoms. The summed E-state index contributed by atoms with van der Waals surface area (Å²) in [6.45, 7) is 6.95. The third-order valence-corrected chi connectivity index (χ3v) is 4.26. The number of hydrogen-bond donors (Lipinski definition) is 1. The molecule has 1 fully saturated rings. The number of amides is 1. The average Bonchev–Trinajstić information content (AvgIpc) is 2.61. The lowest BCUT2D eigenvalue weighted by Gasteiger charge is -2.35. The van der Waals surface area contributed by atoms with E-state index in [0.717, 1.165) is 30.3 Å². The molecule has 2 heterocycles. The van der Waals surface area contributed by atoms with Gasteiger partial charge in [-0.2, -0.15) is 0 Å². The van der Waals surface area contributed by atoms with Crippen LogP contribution in [0, 0.1) is 12.7 Å². The largest absolute Gasteiger partial charge is 0.366 e. The Morgan fingerprint density at radius 1 is 1.16 bits per heavy atom. The molecule has 3 rings (SSSR count). The van der Waals surface area contributed by atoms with Gasteiger partial charge >= 0.3 is 0 Å². The average molecular weight is 343 g/mol. The van der Waals surface area contributed by atoms with Crippen LogP contribution < -0.4 is 10.2 Å². The second-order valence-electron chi connectivity index (χ2n) is 6.13. The van der Waals surface area contributed by atoms with E-state index in [9.17, 15) is 9.18 Å². The van der Waals surface area contributed by atoms with E-state index in [1.54, 1.807) is 19.1 Å². The van der Waals surface area contributed by atoms with Gasteiger partial charge < -0.3 is 15.1 Å². The smallest absolute Gasteiger partial charge is 0.219 e. The SMILES string of the molecule is CC(=O)N1CCN(c2cc(NCc3ccc(F)cc3)nc(C)n2)CC1. The molecule has 0 radical (unpaired) electrons. The zero-order valence-corrected chi connectivity index (χ0v) is 14.5. The number of rotatable bonds is 4. The molecule has 0 aliphatic carbocycles. The van der Waals surface area contributed by atoms with Gasteiger partial charge in [-0.05, 0) is 24.6 Å². The van der Waals surface area contributed by atoms with Crippen molar-refractivity contribution in [3.8, 4) is 0 Å². The van der Waals surface area contributed by atoms with Gasteiger partial charge in [0.25, 0.3) is 0 Å². The summed E-state index contributed by atoms with van der Waals surface area (Å²) in [5.41, 5.74) is 0.981. The molecule has 1 aliphatic rings. The Balaban J connectivity index is 1.66. The molecule has 0 bridgehead atoms. The molecule has 1 aromatic carbocycles. The van der Waals surface area contributed by atoms with Crippen molar-refractivity contribution < 1.29 is 9.18 Å². The van der Waals surface area contributed by atoms with Crippen molar-refractivity contribution in [2.45, 2.75) is 20.4 Å². The maximum Gasteiger partial charge on any atom is 0.219 e. The van der Waals surface area contributed by atoms with Crippen molar-refractivity contribution in [2.24, 2.45) is 0 Å². The van der Waals surface area contributed by atoms with Crippen LogP contribution in [0.3, 0.4) is 0 Å². The van der Waals surface area contributed by atoms with Crippen molar-refractivity contribution in [1.82, 2.24) is 14.9 Å². The number of nitrogens with zero attached hydrogens (tertiary/aromatic N) is 4. The number of carbonyl (C=O) groups excluding carboxylic acids is 1. The minimum absolute atomic E-state index is 0.111. The molecule has 1 N–H and O–H groups in total. The van der Waals surface area contributed by atoms with Gasteiger partial charge in [0.1, 0.15) is 23.3 Å². The van der Waals surface area contributed by atoms with Crippen LogP contribution in [0.2, 0.25) is 0 Å². The lowest BCUT2D eigenvalue weighted by molar-refractivity contribution is -0.129. The summed E-state index contributed by atoms with van der Waals surface area (Å²) in [5, 5.41) is 3.26. The van der Waals surface area contributed by atoms with Crippen LogP contribution in [-0.2, 0) is 11.3 Å². The van der Waals surface area contributed by atoms with Crippen molar-refractivity contribution in [3.63, 3.8) is 0 Å². The van der Waals surface area contributed by atoms with E-state index < -0.39 is 0 Å². The van der Waals surface area contributed by atoms with Crippen molar-refractivity contribution in [2.75, 3.05) is 36.4 Å². The summed E-state index contributed by atoms with van der Waals surface area (Å²) < 4.78 is 13.0. The molecule has 0 saturated carbocycles. The monoisotopic (exact) mass is 343 g/mol. The molecule has 1 saturated heterocycles. The fraction of sp³-hybridized carbons (Fsp3) is 0.389. The number of benzene rings is 1. The zero-order valence-electron chi connectivity index (χ0n) is 14.5. The number of aryl methyl sites for hydroxylation is 1. The summed E-state index contributed by atoms with van der Waals surface area (Å²) >= 11 is 0. The highest BCUT2D eigenvalue weighted by atomic mass is 19.1. The Hall–Kier alpha value is -2.70. The molecular weight excluding hydrogens is 321 g/mol. The van der Waals surface area contributed by atoms with E-state index in [-0.39, 0.29) is 11.7 Å². The lowest BCUT2D eigenvalue weighted by Crippen LogP contribution is -2.48. The molecular formula is C18H22FN5O. The maximum absolute atomic E-state index is 13.0. The van der Waals surface area contributed by atoms with E-state index in [2.05, 4.69) is 20.2 Å². The van der Waals surface area contributed by atoms with Crippen LogP contribution in [-0.4, -0.2) is 47.0 Å². The molecule has 6 nitrogen and oxygen atoms in total. The maximum atomic E-state index is 13.0. The van der Waals surface area contributed by atoms with E-state index in [0.29, 0.717) is 25.5 Å².